The Morgan fingerprint density at radius 3 is 2.75 bits per heavy atom. The smallest absolute Gasteiger partial charge is 0.414 e. The first-order chi connectivity index (χ1) is 9.70. The van der Waals surface area contributed by atoms with E-state index in [1.807, 2.05) is 18.2 Å². The van der Waals surface area contributed by atoms with Crippen molar-refractivity contribution in [2.45, 2.75) is 0 Å². The standard InChI is InChI=1S/C14H9NO4S/c16-13(15-9-4-2-1-3-5-9)18-10-6-7-11-12(8-10)20-14(17)19-11/h1-8H,(H,15,16). The lowest BCUT2D eigenvalue weighted by Gasteiger charge is -2.06. The predicted molar refractivity (Wildman–Crippen MR) is 76.4 cm³/mol. The third-order valence-electron chi connectivity index (χ3n) is 2.53. The van der Waals surface area contributed by atoms with Crippen molar-refractivity contribution in [3.05, 3.63) is 58.3 Å². The monoisotopic (exact) mass is 287 g/mol. The molecular weight excluding hydrogens is 278 g/mol. The van der Waals surface area contributed by atoms with Gasteiger partial charge in [0.1, 0.15) is 11.3 Å². The number of fused-ring (bicyclic) bond motifs is 1. The lowest BCUT2D eigenvalue weighted by molar-refractivity contribution is 0.215. The van der Waals surface area contributed by atoms with E-state index in [0.717, 1.165) is 11.3 Å². The summed E-state index contributed by atoms with van der Waals surface area (Å²) in [5, 5.41) is 2.60. The van der Waals surface area contributed by atoms with E-state index in [9.17, 15) is 9.59 Å². The molecule has 2 aromatic carbocycles. The Bertz CT molecular complexity index is 807. The van der Waals surface area contributed by atoms with Gasteiger partial charge < -0.3 is 9.15 Å². The van der Waals surface area contributed by atoms with Crippen LogP contribution in [0.15, 0.2) is 57.7 Å². The van der Waals surface area contributed by atoms with Gasteiger partial charge in [0.05, 0.1) is 4.70 Å². The van der Waals surface area contributed by atoms with Gasteiger partial charge in [0.2, 0.25) is 0 Å². The van der Waals surface area contributed by atoms with Gasteiger partial charge in [0.25, 0.3) is 0 Å². The third-order valence-corrected chi connectivity index (χ3v) is 3.32. The summed E-state index contributed by atoms with van der Waals surface area (Å²) in [6.45, 7) is 0. The number of anilines is 1. The first-order valence-electron chi connectivity index (χ1n) is 5.78. The number of nitrogens with one attached hydrogen (secondary N) is 1. The Morgan fingerprint density at radius 2 is 1.95 bits per heavy atom. The molecule has 0 saturated carbocycles. The Hall–Kier alpha value is -2.60. The highest BCUT2D eigenvalue weighted by Gasteiger charge is 2.08. The minimum absolute atomic E-state index is 0.350. The average molecular weight is 287 g/mol. The molecule has 0 fully saturated rings. The van der Waals surface area contributed by atoms with Crippen LogP contribution in [-0.2, 0) is 0 Å². The topological polar surface area (TPSA) is 68.5 Å². The van der Waals surface area contributed by atoms with Crippen LogP contribution in [0.1, 0.15) is 0 Å². The summed E-state index contributed by atoms with van der Waals surface area (Å²) in [6, 6.07) is 13.7. The van der Waals surface area contributed by atoms with Crippen LogP contribution >= 0.6 is 11.3 Å². The van der Waals surface area contributed by atoms with Crippen LogP contribution in [0.4, 0.5) is 10.5 Å². The van der Waals surface area contributed by atoms with Crippen molar-refractivity contribution in [3.63, 3.8) is 0 Å². The molecule has 20 heavy (non-hydrogen) atoms. The first kappa shape index (κ1) is 12.4. The number of hydrogen-bond acceptors (Lipinski definition) is 5. The van der Waals surface area contributed by atoms with Gasteiger partial charge in [0.15, 0.2) is 0 Å². The fourth-order valence-corrected chi connectivity index (χ4v) is 2.38. The number of benzene rings is 2. The number of hydrogen-bond donors (Lipinski definition) is 1. The Morgan fingerprint density at radius 1 is 1.15 bits per heavy atom. The van der Waals surface area contributed by atoms with Crippen LogP contribution in [-0.4, -0.2) is 6.09 Å². The maximum absolute atomic E-state index is 11.7. The van der Waals surface area contributed by atoms with Gasteiger partial charge in [-0.15, -0.1) is 0 Å². The van der Waals surface area contributed by atoms with Gasteiger partial charge in [-0.25, -0.2) is 9.59 Å². The van der Waals surface area contributed by atoms with Crippen LogP contribution in [0.5, 0.6) is 5.75 Å². The molecule has 1 amide bonds. The number of carbonyl (C=O) groups is 1. The van der Waals surface area contributed by atoms with Crippen LogP contribution < -0.4 is 15.0 Å². The highest BCUT2D eigenvalue weighted by molar-refractivity contribution is 7.16. The maximum Gasteiger partial charge on any atom is 0.417 e. The summed E-state index contributed by atoms with van der Waals surface area (Å²) in [7, 11) is 0. The zero-order valence-corrected chi connectivity index (χ0v) is 11.0. The van der Waals surface area contributed by atoms with Crippen LogP contribution in [0, 0.1) is 0 Å². The summed E-state index contributed by atoms with van der Waals surface area (Å²) in [6.07, 6.45) is -0.591. The summed E-state index contributed by atoms with van der Waals surface area (Å²) < 4.78 is 10.7. The number of rotatable bonds is 2. The molecule has 1 aromatic heterocycles. The molecule has 3 aromatic rings. The number of carbonyl (C=O) groups excluding carboxylic acids is 1. The van der Waals surface area contributed by atoms with Gasteiger partial charge in [-0.2, -0.15) is 0 Å². The second kappa shape index (κ2) is 5.18. The highest BCUT2D eigenvalue weighted by Crippen LogP contribution is 2.23. The molecule has 0 atom stereocenters. The van der Waals surface area contributed by atoms with E-state index < -0.39 is 6.09 Å². The molecule has 3 rings (SSSR count). The average Bonchev–Trinajstić information content (AvgIpc) is 2.79. The second-order valence-electron chi connectivity index (χ2n) is 3.94. The molecule has 0 saturated heterocycles. The Kier molecular flexibility index (Phi) is 3.22. The molecule has 0 spiro atoms. The molecular formula is C14H9NO4S. The third kappa shape index (κ3) is 2.70. The van der Waals surface area contributed by atoms with Gasteiger partial charge >= 0.3 is 11.0 Å². The molecule has 0 unspecified atom stereocenters. The normalized spacial score (nSPS) is 10.4. The number of ether oxygens (including phenoxy) is 1. The van der Waals surface area contributed by atoms with E-state index in [1.165, 1.54) is 0 Å². The van der Waals surface area contributed by atoms with E-state index >= 15 is 0 Å². The molecule has 0 bridgehead atoms. The van der Waals surface area contributed by atoms with E-state index in [4.69, 9.17) is 9.15 Å². The summed E-state index contributed by atoms with van der Waals surface area (Å²) in [5.74, 6) is 0.350. The predicted octanol–water partition coefficient (Wildman–Crippen LogP) is 3.47. The molecule has 5 nitrogen and oxygen atoms in total. The zero-order valence-electron chi connectivity index (χ0n) is 10.2. The Balaban J connectivity index is 1.75. The zero-order chi connectivity index (χ0) is 13.9. The van der Waals surface area contributed by atoms with Crippen LogP contribution in [0.2, 0.25) is 0 Å². The van der Waals surface area contributed by atoms with Crippen molar-refractivity contribution in [2.24, 2.45) is 0 Å². The first-order valence-corrected chi connectivity index (χ1v) is 6.60. The SMILES string of the molecule is O=C(Nc1ccccc1)Oc1ccc2oc(=O)sc2c1. The summed E-state index contributed by atoms with van der Waals surface area (Å²) >= 11 is 0.963. The van der Waals surface area contributed by atoms with Crippen molar-refractivity contribution in [1.29, 1.82) is 0 Å². The van der Waals surface area contributed by atoms with Gasteiger partial charge in [0, 0.05) is 11.8 Å². The van der Waals surface area contributed by atoms with Crippen molar-refractivity contribution in [1.82, 2.24) is 0 Å². The van der Waals surface area contributed by atoms with Crippen LogP contribution in [0.25, 0.3) is 10.3 Å². The molecule has 0 aliphatic carbocycles. The lowest BCUT2D eigenvalue weighted by Crippen LogP contribution is -2.16. The molecule has 6 heteroatoms. The molecule has 1 heterocycles. The molecule has 0 aliphatic heterocycles. The van der Waals surface area contributed by atoms with Crippen molar-refractivity contribution in [3.8, 4) is 5.75 Å². The van der Waals surface area contributed by atoms with Crippen LogP contribution in [0.3, 0.4) is 0 Å². The molecule has 100 valence electrons. The summed E-state index contributed by atoms with van der Waals surface area (Å²) in [5.41, 5.74) is 1.13. The Labute approximate surface area is 117 Å². The number of para-hydroxylation sites is 1. The lowest BCUT2D eigenvalue weighted by atomic mass is 10.3. The molecule has 0 aliphatic rings. The van der Waals surface area contributed by atoms with Crippen molar-refractivity contribution < 1.29 is 13.9 Å². The quantitative estimate of drug-likeness (QED) is 0.783. The second-order valence-corrected chi connectivity index (χ2v) is 4.92. The summed E-state index contributed by atoms with van der Waals surface area (Å²) in [4.78, 5) is 22.4. The fourth-order valence-electron chi connectivity index (χ4n) is 1.69. The van der Waals surface area contributed by atoms with E-state index in [-0.39, 0.29) is 4.94 Å². The fraction of sp³-hybridized carbons (Fsp3) is 0. The molecule has 0 radical (unpaired) electrons. The van der Waals surface area contributed by atoms with Crippen molar-refractivity contribution >= 4 is 33.4 Å². The molecule has 1 N–H and O–H groups in total. The van der Waals surface area contributed by atoms with E-state index in [0.29, 0.717) is 21.7 Å². The minimum atomic E-state index is -0.591. The van der Waals surface area contributed by atoms with E-state index in [1.54, 1.807) is 30.3 Å². The van der Waals surface area contributed by atoms with E-state index in [2.05, 4.69) is 5.32 Å². The van der Waals surface area contributed by atoms with Gasteiger partial charge in [-0.3, -0.25) is 5.32 Å². The maximum atomic E-state index is 11.7. The largest absolute Gasteiger partial charge is 0.417 e. The van der Waals surface area contributed by atoms with Crippen molar-refractivity contribution in [2.75, 3.05) is 5.32 Å². The number of amides is 1. The van der Waals surface area contributed by atoms with Gasteiger partial charge in [-0.05, 0) is 24.3 Å². The minimum Gasteiger partial charge on any atom is -0.414 e. The highest BCUT2D eigenvalue weighted by atomic mass is 32.1. The van der Waals surface area contributed by atoms with Gasteiger partial charge in [-0.1, -0.05) is 29.5 Å².